The first-order valence-electron chi connectivity index (χ1n) is 6.23. The van der Waals surface area contributed by atoms with Crippen molar-refractivity contribution in [3.8, 4) is 0 Å². The molecule has 0 saturated heterocycles. The minimum atomic E-state index is -0.980. The fraction of sp³-hybridized carbons (Fsp3) is 0.385. The molecule has 0 unspecified atom stereocenters. The quantitative estimate of drug-likeness (QED) is 0.589. The van der Waals surface area contributed by atoms with E-state index in [-0.39, 0.29) is 18.4 Å². The van der Waals surface area contributed by atoms with Gasteiger partial charge in [-0.25, -0.2) is 0 Å². The van der Waals surface area contributed by atoms with Gasteiger partial charge in [0.05, 0.1) is 13.2 Å². The van der Waals surface area contributed by atoms with Crippen LogP contribution < -0.4 is 10.8 Å². The summed E-state index contributed by atoms with van der Waals surface area (Å²) in [6.45, 7) is 4.24. The molecule has 1 aromatic rings. The Labute approximate surface area is 112 Å². The number of hydrogen-bond acceptors (Lipinski definition) is 4. The van der Waals surface area contributed by atoms with Gasteiger partial charge in [-0.1, -0.05) is 19.9 Å². The van der Waals surface area contributed by atoms with Crippen LogP contribution in [0.1, 0.15) is 41.3 Å². The molecule has 0 aromatic heterocycles. The molecule has 1 amide bonds. The van der Waals surface area contributed by atoms with Crippen molar-refractivity contribution in [3.63, 3.8) is 0 Å². The van der Waals surface area contributed by atoms with E-state index in [4.69, 9.17) is 4.65 Å². The van der Waals surface area contributed by atoms with Gasteiger partial charge in [-0.2, -0.15) is 0 Å². The molecule has 0 atom stereocenters. The average Bonchev–Trinajstić information content (AvgIpc) is 2.76. The van der Waals surface area contributed by atoms with E-state index in [0.717, 1.165) is 11.1 Å². The van der Waals surface area contributed by atoms with Crippen molar-refractivity contribution in [2.75, 3.05) is 6.54 Å². The van der Waals surface area contributed by atoms with Crippen molar-refractivity contribution < 1.29 is 19.3 Å². The zero-order chi connectivity index (χ0) is 14.0. The molecule has 1 aliphatic rings. The Morgan fingerprint density at radius 1 is 1.58 bits per heavy atom. The zero-order valence-corrected chi connectivity index (χ0v) is 11.0. The van der Waals surface area contributed by atoms with Crippen LogP contribution in [0.3, 0.4) is 0 Å². The second-order valence-corrected chi connectivity index (χ2v) is 4.79. The van der Waals surface area contributed by atoms with Crippen molar-refractivity contribution in [1.82, 2.24) is 5.32 Å². The number of fused-ring (bicyclic) bond motifs is 1. The SMILES string of the molecule is CC(C)c1c(C(=O)NCC=O)ccc2c1B(O)OC2. The van der Waals surface area contributed by atoms with E-state index in [1.807, 2.05) is 13.8 Å². The van der Waals surface area contributed by atoms with Gasteiger partial charge in [-0.05, 0) is 28.6 Å². The number of nitrogens with one attached hydrogen (secondary N) is 1. The molecular formula is C13H16BNO4. The minimum absolute atomic E-state index is 0.0213. The molecule has 1 aromatic carbocycles. The van der Waals surface area contributed by atoms with Crippen molar-refractivity contribution in [2.24, 2.45) is 0 Å². The van der Waals surface area contributed by atoms with Gasteiger partial charge in [-0.3, -0.25) is 4.79 Å². The van der Waals surface area contributed by atoms with E-state index >= 15 is 0 Å². The van der Waals surface area contributed by atoms with Crippen LogP contribution in [0, 0.1) is 0 Å². The first-order valence-corrected chi connectivity index (χ1v) is 6.23. The largest absolute Gasteiger partial charge is 0.492 e. The highest BCUT2D eigenvalue weighted by Gasteiger charge is 2.33. The molecule has 0 fully saturated rings. The van der Waals surface area contributed by atoms with Gasteiger partial charge in [0.1, 0.15) is 6.29 Å². The van der Waals surface area contributed by atoms with E-state index in [1.165, 1.54) is 0 Å². The Morgan fingerprint density at radius 2 is 2.32 bits per heavy atom. The monoisotopic (exact) mass is 261 g/mol. The average molecular weight is 261 g/mol. The first-order chi connectivity index (χ1) is 9.06. The van der Waals surface area contributed by atoms with Crippen LogP contribution in [-0.2, 0) is 16.1 Å². The summed E-state index contributed by atoms with van der Waals surface area (Å²) in [5, 5.41) is 12.4. The second-order valence-electron chi connectivity index (χ2n) is 4.79. The summed E-state index contributed by atoms with van der Waals surface area (Å²) in [5.41, 5.74) is 2.86. The van der Waals surface area contributed by atoms with E-state index < -0.39 is 7.12 Å². The van der Waals surface area contributed by atoms with E-state index in [1.54, 1.807) is 12.1 Å². The van der Waals surface area contributed by atoms with Crippen LogP contribution in [0.15, 0.2) is 12.1 Å². The number of amides is 1. The van der Waals surface area contributed by atoms with Crippen LogP contribution in [0.2, 0.25) is 0 Å². The van der Waals surface area contributed by atoms with Crippen molar-refractivity contribution in [2.45, 2.75) is 26.4 Å². The Bertz CT molecular complexity index is 516. The van der Waals surface area contributed by atoms with Crippen LogP contribution in [-0.4, -0.2) is 30.9 Å². The lowest BCUT2D eigenvalue weighted by Gasteiger charge is -2.17. The molecule has 6 heteroatoms. The van der Waals surface area contributed by atoms with E-state index in [0.29, 0.717) is 23.9 Å². The van der Waals surface area contributed by atoms with Crippen LogP contribution in [0.5, 0.6) is 0 Å². The standard InChI is InChI=1S/C13H16BNO4/c1-8(2)11-10(13(17)15-5-6-16)4-3-9-7-19-14(18)12(9)11/h3-4,6,8,18H,5,7H2,1-2H3,(H,15,17). The molecule has 0 radical (unpaired) electrons. The molecule has 1 aliphatic heterocycles. The van der Waals surface area contributed by atoms with Crippen LogP contribution >= 0.6 is 0 Å². The molecule has 0 aliphatic carbocycles. The van der Waals surface area contributed by atoms with Gasteiger partial charge >= 0.3 is 7.12 Å². The number of carbonyl (C=O) groups excluding carboxylic acids is 2. The van der Waals surface area contributed by atoms with Gasteiger partial charge in [0.25, 0.3) is 5.91 Å². The lowest BCUT2D eigenvalue weighted by atomic mass is 9.72. The minimum Gasteiger partial charge on any atom is -0.423 e. The molecule has 0 bridgehead atoms. The maximum atomic E-state index is 12.0. The highest BCUT2D eigenvalue weighted by Crippen LogP contribution is 2.23. The Balaban J connectivity index is 2.47. The highest BCUT2D eigenvalue weighted by molar-refractivity contribution is 6.62. The lowest BCUT2D eigenvalue weighted by Crippen LogP contribution is -2.35. The number of hydrogen-bond donors (Lipinski definition) is 2. The van der Waals surface area contributed by atoms with Crippen LogP contribution in [0.25, 0.3) is 0 Å². The Morgan fingerprint density at radius 3 is 2.95 bits per heavy atom. The van der Waals surface area contributed by atoms with Gasteiger partial charge < -0.3 is 19.8 Å². The third kappa shape index (κ3) is 2.55. The molecule has 100 valence electrons. The summed E-state index contributed by atoms with van der Waals surface area (Å²) in [6, 6.07) is 3.50. The third-order valence-corrected chi connectivity index (χ3v) is 3.19. The molecule has 2 N–H and O–H groups in total. The Hall–Kier alpha value is -1.66. The second kappa shape index (κ2) is 5.55. The topological polar surface area (TPSA) is 75.6 Å². The predicted molar refractivity (Wildman–Crippen MR) is 71.3 cm³/mol. The zero-order valence-electron chi connectivity index (χ0n) is 11.0. The highest BCUT2D eigenvalue weighted by atomic mass is 16.5. The maximum Gasteiger partial charge on any atom is 0.492 e. The molecule has 2 rings (SSSR count). The fourth-order valence-electron chi connectivity index (χ4n) is 2.40. The summed E-state index contributed by atoms with van der Waals surface area (Å²) < 4.78 is 5.20. The smallest absolute Gasteiger partial charge is 0.423 e. The summed E-state index contributed by atoms with van der Waals surface area (Å²) >= 11 is 0. The molecule has 0 saturated carbocycles. The number of aldehydes is 1. The van der Waals surface area contributed by atoms with Gasteiger partial charge in [-0.15, -0.1) is 0 Å². The summed E-state index contributed by atoms with van der Waals surface area (Å²) in [4.78, 5) is 22.4. The van der Waals surface area contributed by atoms with Gasteiger partial charge in [0.15, 0.2) is 0 Å². The predicted octanol–water partition coefficient (Wildman–Crippen LogP) is -0.0436. The van der Waals surface area contributed by atoms with Gasteiger partial charge in [0, 0.05) is 5.56 Å². The molecule has 5 nitrogen and oxygen atoms in total. The van der Waals surface area contributed by atoms with Crippen molar-refractivity contribution >= 4 is 24.8 Å². The summed E-state index contributed by atoms with van der Waals surface area (Å²) in [7, 11) is -0.980. The van der Waals surface area contributed by atoms with E-state index in [2.05, 4.69) is 5.32 Å². The number of benzene rings is 1. The number of rotatable bonds is 4. The van der Waals surface area contributed by atoms with Crippen LogP contribution in [0.4, 0.5) is 0 Å². The molecular weight excluding hydrogens is 245 g/mol. The fourth-order valence-corrected chi connectivity index (χ4v) is 2.40. The normalized spacial score (nSPS) is 13.6. The summed E-state index contributed by atoms with van der Waals surface area (Å²) in [5.74, 6) is -0.235. The third-order valence-electron chi connectivity index (χ3n) is 3.19. The first kappa shape index (κ1) is 13.8. The number of carbonyl (C=O) groups is 2. The lowest BCUT2D eigenvalue weighted by molar-refractivity contribution is -0.107. The maximum absolute atomic E-state index is 12.0. The van der Waals surface area contributed by atoms with E-state index in [9.17, 15) is 14.6 Å². The molecule has 1 heterocycles. The Kier molecular flexibility index (Phi) is 4.02. The molecule has 19 heavy (non-hydrogen) atoms. The molecule has 0 spiro atoms. The van der Waals surface area contributed by atoms with Crippen molar-refractivity contribution in [3.05, 3.63) is 28.8 Å². The van der Waals surface area contributed by atoms with Gasteiger partial charge in [0.2, 0.25) is 0 Å². The van der Waals surface area contributed by atoms with Crippen molar-refractivity contribution in [1.29, 1.82) is 0 Å². The summed E-state index contributed by atoms with van der Waals surface area (Å²) in [6.07, 6.45) is 0.637.